The summed E-state index contributed by atoms with van der Waals surface area (Å²) in [6.45, 7) is 0. The van der Waals surface area contributed by atoms with E-state index in [1.165, 1.54) is 0 Å². The second-order valence-corrected chi connectivity index (χ2v) is 2.54. The molecule has 11 heteroatoms. The molecule has 8 nitrogen and oxygen atoms in total. The van der Waals surface area contributed by atoms with Crippen molar-refractivity contribution in [2.24, 2.45) is 0 Å². The molecule has 0 aromatic heterocycles. The van der Waals surface area contributed by atoms with Crippen LogP contribution in [-0.4, -0.2) is 11.0 Å². The summed E-state index contributed by atoms with van der Waals surface area (Å²) in [6.07, 6.45) is 0. The Kier molecular flexibility index (Phi) is 60.2. The van der Waals surface area contributed by atoms with Crippen molar-refractivity contribution < 1.29 is 93.2 Å². The minimum Gasteiger partial charge on any atom is -0.427 e. The SMILES string of the molecule is O.O.[O-][I+2]([O-])[O-].[O-][I+2]([O-])[O-].[Zn+2]. The molecule has 0 aromatic rings. The predicted molar refractivity (Wildman–Crippen MR) is 7.23 cm³/mol. The summed E-state index contributed by atoms with van der Waals surface area (Å²) in [6, 6.07) is 0. The van der Waals surface area contributed by atoms with E-state index >= 15 is 0 Å². The van der Waals surface area contributed by atoms with Gasteiger partial charge in [0.25, 0.3) is 42.1 Å². The summed E-state index contributed by atoms with van der Waals surface area (Å²) in [5.41, 5.74) is 0. The van der Waals surface area contributed by atoms with Crippen molar-refractivity contribution in [2.75, 3.05) is 0 Å². The van der Waals surface area contributed by atoms with E-state index in [1.807, 2.05) is 0 Å². The Bertz CT molecular complexity index is 27.6. The van der Waals surface area contributed by atoms with Crippen molar-refractivity contribution in [3.63, 3.8) is 0 Å². The molecule has 0 heterocycles. The van der Waals surface area contributed by atoms with E-state index in [1.54, 1.807) is 0 Å². The van der Waals surface area contributed by atoms with Crippen molar-refractivity contribution in [3.8, 4) is 0 Å². The summed E-state index contributed by atoms with van der Waals surface area (Å²) in [4.78, 5) is 0. The van der Waals surface area contributed by atoms with Gasteiger partial charge in [0.05, 0.1) is 0 Å². The molecule has 0 aliphatic rings. The van der Waals surface area contributed by atoms with Crippen LogP contribution in [0.2, 0.25) is 0 Å². The maximum absolute atomic E-state index is 8.57. The maximum atomic E-state index is 8.57. The molecule has 0 aliphatic heterocycles. The molecular weight excluding hydrogens is 447 g/mol. The third-order valence-electron chi connectivity index (χ3n) is 0. The van der Waals surface area contributed by atoms with Gasteiger partial charge < -0.3 is 31.6 Å². The zero-order valence-corrected chi connectivity index (χ0v) is 12.2. The fourth-order valence-electron chi connectivity index (χ4n) is 0. The van der Waals surface area contributed by atoms with E-state index in [4.69, 9.17) is 20.6 Å². The van der Waals surface area contributed by atoms with Gasteiger partial charge in [-0.05, 0) is 0 Å². The van der Waals surface area contributed by atoms with Crippen LogP contribution in [0.5, 0.6) is 0 Å². The minimum absolute atomic E-state index is 0. The Morgan fingerprint density at radius 2 is 0.545 bits per heavy atom. The van der Waals surface area contributed by atoms with Crippen LogP contribution in [0, 0.1) is 0 Å². The fourth-order valence-corrected chi connectivity index (χ4v) is 0. The Hall–Kier alpha value is 1.76. The van der Waals surface area contributed by atoms with Crippen LogP contribution < -0.4 is 62.7 Å². The molecule has 0 rings (SSSR count). The zero-order valence-electron chi connectivity index (χ0n) is 4.91. The molecule has 0 spiro atoms. The Morgan fingerprint density at radius 3 is 0.545 bits per heavy atom. The molecule has 11 heavy (non-hydrogen) atoms. The summed E-state index contributed by atoms with van der Waals surface area (Å²) in [5, 5.41) is 0. The number of rotatable bonds is 0. The normalized spacial score (nSPS) is 6.55. The van der Waals surface area contributed by atoms with Crippen molar-refractivity contribution >= 4 is 0 Å². The predicted octanol–water partition coefficient (Wildman–Crippen LogP) is -14.8. The standard InChI is InChI=1S/2IO3.2H2O.Zn/c2*2-1(3)4;;;/h;;2*1H2;/q2*-1;;;+2. The van der Waals surface area contributed by atoms with Crippen molar-refractivity contribution in [1.82, 2.24) is 0 Å². The van der Waals surface area contributed by atoms with Crippen LogP contribution in [0.3, 0.4) is 0 Å². The molecule has 68 valence electrons. The van der Waals surface area contributed by atoms with Crippen LogP contribution in [-0.2, 0) is 19.5 Å². The molecule has 0 bridgehead atoms. The van der Waals surface area contributed by atoms with Crippen LogP contribution in [0.25, 0.3) is 0 Å². The van der Waals surface area contributed by atoms with Crippen molar-refractivity contribution in [2.45, 2.75) is 0 Å². The first-order chi connectivity index (χ1) is 3.46. The molecule has 0 atom stereocenters. The van der Waals surface area contributed by atoms with Gasteiger partial charge in [0.2, 0.25) is 0 Å². The summed E-state index contributed by atoms with van der Waals surface area (Å²) >= 11 is -8.03. The van der Waals surface area contributed by atoms with Crippen LogP contribution in [0.1, 0.15) is 0 Å². The average Bonchev–Trinajstić information content (AvgIpc) is 1.25. The smallest absolute Gasteiger partial charge is 0.427 e. The fraction of sp³-hybridized carbons (Fsp3) is 0. The Morgan fingerprint density at radius 1 is 0.545 bits per heavy atom. The number of hydrogen-bond acceptors (Lipinski definition) is 6. The van der Waals surface area contributed by atoms with E-state index < -0.39 is 42.1 Å². The zero-order chi connectivity index (χ0) is 7.15. The van der Waals surface area contributed by atoms with Gasteiger partial charge >= 0.3 is 19.5 Å². The van der Waals surface area contributed by atoms with Crippen molar-refractivity contribution in [1.29, 1.82) is 0 Å². The summed E-state index contributed by atoms with van der Waals surface area (Å²) < 4.78 is 51.4. The quantitative estimate of drug-likeness (QED) is 0.258. The average molecular weight is 451 g/mol. The maximum Gasteiger partial charge on any atom is 2.00 e. The largest absolute Gasteiger partial charge is 2.00 e. The van der Waals surface area contributed by atoms with Crippen molar-refractivity contribution in [3.05, 3.63) is 0 Å². The first kappa shape index (κ1) is 29.3. The number of hydrogen-bond donors (Lipinski definition) is 0. The monoisotopic (exact) mass is 450 g/mol. The third-order valence-corrected chi connectivity index (χ3v) is 0. The summed E-state index contributed by atoms with van der Waals surface area (Å²) in [7, 11) is 0. The molecule has 0 saturated carbocycles. The Labute approximate surface area is 92.3 Å². The van der Waals surface area contributed by atoms with E-state index in [9.17, 15) is 0 Å². The minimum atomic E-state index is -4.01. The topological polar surface area (TPSA) is 201 Å². The van der Waals surface area contributed by atoms with E-state index in [0.717, 1.165) is 0 Å². The second-order valence-electron chi connectivity index (χ2n) is 0.378. The first-order valence-electron chi connectivity index (χ1n) is 0.926. The van der Waals surface area contributed by atoms with E-state index in [2.05, 4.69) is 0 Å². The molecular formula is H4I2O8Zn. The third kappa shape index (κ3) is 361. The van der Waals surface area contributed by atoms with Gasteiger partial charge in [0.1, 0.15) is 0 Å². The first-order valence-corrected chi connectivity index (χ1v) is 6.21. The van der Waals surface area contributed by atoms with E-state index in [0.29, 0.717) is 0 Å². The molecule has 0 fully saturated rings. The second kappa shape index (κ2) is 22.6. The molecule has 0 aliphatic carbocycles. The molecule has 0 unspecified atom stereocenters. The number of halogens is 2. The molecule has 0 saturated heterocycles. The Balaban J connectivity index is -0.0000000171. The van der Waals surface area contributed by atoms with Crippen LogP contribution in [0.4, 0.5) is 0 Å². The van der Waals surface area contributed by atoms with Gasteiger partial charge in [0.15, 0.2) is 0 Å². The van der Waals surface area contributed by atoms with Crippen LogP contribution in [0.15, 0.2) is 0 Å². The molecule has 4 N–H and O–H groups in total. The molecule has 0 amide bonds. The van der Waals surface area contributed by atoms with Crippen LogP contribution >= 0.6 is 0 Å². The molecule has 0 radical (unpaired) electrons. The van der Waals surface area contributed by atoms with Gasteiger partial charge in [-0.15, -0.1) is 0 Å². The van der Waals surface area contributed by atoms with Gasteiger partial charge in [-0.3, -0.25) is 0 Å². The van der Waals surface area contributed by atoms with Gasteiger partial charge in [-0.2, -0.15) is 0 Å². The van der Waals surface area contributed by atoms with Gasteiger partial charge in [-0.1, -0.05) is 0 Å². The summed E-state index contributed by atoms with van der Waals surface area (Å²) in [5.74, 6) is 0. The van der Waals surface area contributed by atoms with Gasteiger partial charge in [-0.25, -0.2) is 0 Å². The molecule has 0 aromatic carbocycles. The van der Waals surface area contributed by atoms with Gasteiger partial charge in [0, 0.05) is 0 Å². The van der Waals surface area contributed by atoms with E-state index in [-0.39, 0.29) is 30.4 Å².